The number of amides is 2. The van der Waals surface area contributed by atoms with E-state index in [0.717, 1.165) is 4.88 Å². The predicted octanol–water partition coefficient (Wildman–Crippen LogP) is 2.06. The summed E-state index contributed by atoms with van der Waals surface area (Å²) in [6.07, 6.45) is 3.50. The van der Waals surface area contributed by atoms with E-state index in [0.29, 0.717) is 30.4 Å². The average molecular weight is 398 g/mol. The molecule has 2 amide bonds. The second kappa shape index (κ2) is 8.13. The van der Waals surface area contributed by atoms with E-state index in [1.54, 1.807) is 40.4 Å². The van der Waals surface area contributed by atoms with Gasteiger partial charge in [0.15, 0.2) is 11.5 Å². The molecule has 28 heavy (non-hydrogen) atoms. The first kappa shape index (κ1) is 18.1. The predicted molar refractivity (Wildman–Crippen MR) is 104 cm³/mol. The van der Waals surface area contributed by atoms with Crippen molar-refractivity contribution in [2.24, 2.45) is 0 Å². The Labute approximate surface area is 165 Å². The molecule has 3 aromatic rings. The molecule has 1 aliphatic rings. The van der Waals surface area contributed by atoms with E-state index >= 15 is 0 Å². The Morgan fingerprint density at radius 1 is 1.14 bits per heavy atom. The fourth-order valence-electron chi connectivity index (χ4n) is 2.85. The van der Waals surface area contributed by atoms with Gasteiger partial charge in [0.05, 0.1) is 0 Å². The van der Waals surface area contributed by atoms with Gasteiger partial charge >= 0.3 is 11.8 Å². The normalized spacial score (nSPS) is 13.6. The van der Waals surface area contributed by atoms with E-state index in [1.807, 2.05) is 29.8 Å². The van der Waals surface area contributed by atoms with Gasteiger partial charge in [-0.2, -0.15) is 5.10 Å². The Balaban J connectivity index is 1.38. The Bertz CT molecular complexity index is 922. The van der Waals surface area contributed by atoms with E-state index in [4.69, 9.17) is 9.47 Å². The van der Waals surface area contributed by atoms with Gasteiger partial charge in [-0.1, -0.05) is 6.07 Å². The van der Waals surface area contributed by atoms with Gasteiger partial charge in [0.25, 0.3) is 0 Å². The number of rotatable bonds is 5. The molecule has 2 aromatic heterocycles. The molecule has 144 valence electrons. The summed E-state index contributed by atoms with van der Waals surface area (Å²) in [6, 6.07) is 10.5. The average Bonchev–Trinajstić information content (AvgIpc) is 3.42. The van der Waals surface area contributed by atoms with Crippen LogP contribution in [0.15, 0.2) is 54.2 Å². The SMILES string of the molecule is O=C(NCC(c1cccs1)n1cccn1)C(=O)Nc1ccc2c(c1)OCCO2. The Hall–Kier alpha value is -3.33. The minimum absolute atomic E-state index is 0.180. The number of benzene rings is 1. The molecule has 2 N–H and O–H groups in total. The van der Waals surface area contributed by atoms with E-state index in [1.165, 1.54) is 0 Å². The highest BCUT2D eigenvalue weighted by Crippen LogP contribution is 2.32. The summed E-state index contributed by atoms with van der Waals surface area (Å²) in [7, 11) is 0. The first-order valence-corrected chi connectivity index (χ1v) is 9.60. The molecule has 9 heteroatoms. The quantitative estimate of drug-likeness (QED) is 0.642. The Kier molecular flexibility index (Phi) is 5.24. The van der Waals surface area contributed by atoms with Gasteiger partial charge < -0.3 is 20.1 Å². The van der Waals surface area contributed by atoms with Crippen LogP contribution in [0.1, 0.15) is 10.9 Å². The van der Waals surface area contributed by atoms with Crippen molar-refractivity contribution in [3.05, 3.63) is 59.0 Å². The van der Waals surface area contributed by atoms with Gasteiger partial charge in [0, 0.05) is 35.6 Å². The molecule has 0 saturated carbocycles. The van der Waals surface area contributed by atoms with E-state index in [2.05, 4.69) is 15.7 Å². The molecule has 1 aliphatic heterocycles. The van der Waals surface area contributed by atoms with Gasteiger partial charge in [-0.25, -0.2) is 0 Å². The molecule has 3 heterocycles. The number of carbonyl (C=O) groups excluding carboxylic acids is 2. The van der Waals surface area contributed by atoms with Crippen LogP contribution in [0.3, 0.4) is 0 Å². The molecule has 0 radical (unpaired) electrons. The number of hydrogen-bond acceptors (Lipinski definition) is 6. The molecule has 0 fully saturated rings. The van der Waals surface area contributed by atoms with Gasteiger partial charge in [0.2, 0.25) is 0 Å². The van der Waals surface area contributed by atoms with Crippen molar-refractivity contribution in [1.29, 1.82) is 0 Å². The topological polar surface area (TPSA) is 94.5 Å². The molecule has 8 nitrogen and oxygen atoms in total. The summed E-state index contributed by atoms with van der Waals surface area (Å²) in [6.45, 7) is 1.18. The van der Waals surface area contributed by atoms with Gasteiger partial charge in [-0.05, 0) is 29.6 Å². The molecule has 0 saturated heterocycles. The second-order valence-electron chi connectivity index (χ2n) is 6.04. The fourth-order valence-corrected chi connectivity index (χ4v) is 3.67. The van der Waals surface area contributed by atoms with Crippen molar-refractivity contribution in [1.82, 2.24) is 15.1 Å². The van der Waals surface area contributed by atoms with E-state index in [9.17, 15) is 9.59 Å². The monoisotopic (exact) mass is 398 g/mol. The van der Waals surface area contributed by atoms with Crippen molar-refractivity contribution in [3.8, 4) is 11.5 Å². The van der Waals surface area contributed by atoms with Gasteiger partial charge in [0.1, 0.15) is 19.3 Å². The third-order valence-electron chi connectivity index (χ3n) is 4.18. The number of anilines is 1. The lowest BCUT2D eigenvalue weighted by Gasteiger charge is -2.19. The van der Waals surface area contributed by atoms with Crippen LogP contribution in [-0.2, 0) is 9.59 Å². The lowest BCUT2D eigenvalue weighted by atomic mass is 10.2. The lowest BCUT2D eigenvalue weighted by Crippen LogP contribution is -2.38. The van der Waals surface area contributed by atoms with Crippen molar-refractivity contribution < 1.29 is 19.1 Å². The van der Waals surface area contributed by atoms with Crippen molar-refractivity contribution in [3.63, 3.8) is 0 Å². The molecule has 0 bridgehead atoms. The minimum Gasteiger partial charge on any atom is -0.486 e. The largest absolute Gasteiger partial charge is 0.486 e. The summed E-state index contributed by atoms with van der Waals surface area (Å²) in [5, 5.41) is 11.5. The summed E-state index contributed by atoms with van der Waals surface area (Å²) >= 11 is 1.57. The number of ether oxygens (including phenoxy) is 2. The second-order valence-corrected chi connectivity index (χ2v) is 7.02. The van der Waals surface area contributed by atoms with Crippen LogP contribution in [0.4, 0.5) is 5.69 Å². The van der Waals surface area contributed by atoms with Gasteiger partial charge in [-0.3, -0.25) is 14.3 Å². The highest BCUT2D eigenvalue weighted by molar-refractivity contribution is 7.10. The summed E-state index contributed by atoms with van der Waals surface area (Å²) in [4.78, 5) is 25.6. The smallest absolute Gasteiger partial charge is 0.313 e. The number of hydrogen-bond donors (Lipinski definition) is 2. The van der Waals surface area contributed by atoms with Crippen LogP contribution in [0, 0.1) is 0 Å². The summed E-state index contributed by atoms with van der Waals surface area (Å²) < 4.78 is 12.7. The number of nitrogens with one attached hydrogen (secondary N) is 2. The first-order chi connectivity index (χ1) is 13.7. The fraction of sp³-hybridized carbons (Fsp3) is 0.211. The van der Waals surface area contributed by atoms with Crippen molar-refractivity contribution >= 4 is 28.8 Å². The molecule has 0 spiro atoms. The van der Waals surface area contributed by atoms with Gasteiger partial charge in [-0.15, -0.1) is 11.3 Å². The summed E-state index contributed by atoms with van der Waals surface area (Å²) in [5.41, 5.74) is 0.464. The maximum atomic E-state index is 12.3. The van der Waals surface area contributed by atoms with Crippen LogP contribution < -0.4 is 20.1 Å². The number of fused-ring (bicyclic) bond motifs is 1. The first-order valence-electron chi connectivity index (χ1n) is 8.72. The molecule has 1 unspecified atom stereocenters. The molecular weight excluding hydrogens is 380 g/mol. The number of thiophene rings is 1. The van der Waals surface area contributed by atoms with Crippen LogP contribution >= 0.6 is 11.3 Å². The highest BCUT2D eigenvalue weighted by atomic mass is 32.1. The highest BCUT2D eigenvalue weighted by Gasteiger charge is 2.20. The number of nitrogens with zero attached hydrogens (tertiary/aromatic N) is 2. The Morgan fingerprint density at radius 3 is 2.75 bits per heavy atom. The van der Waals surface area contributed by atoms with Crippen molar-refractivity contribution in [2.75, 3.05) is 25.1 Å². The molecule has 1 aromatic carbocycles. The zero-order chi connectivity index (χ0) is 19.3. The third-order valence-corrected chi connectivity index (χ3v) is 5.15. The minimum atomic E-state index is -0.748. The van der Waals surface area contributed by atoms with Crippen LogP contribution in [0.5, 0.6) is 11.5 Å². The molecular formula is C19H18N4O4S. The molecule has 4 rings (SSSR count). The summed E-state index contributed by atoms with van der Waals surface area (Å²) in [5.74, 6) is -0.307. The zero-order valence-electron chi connectivity index (χ0n) is 14.8. The van der Waals surface area contributed by atoms with Crippen molar-refractivity contribution in [2.45, 2.75) is 6.04 Å². The zero-order valence-corrected chi connectivity index (χ0v) is 15.6. The van der Waals surface area contributed by atoms with E-state index < -0.39 is 11.8 Å². The van der Waals surface area contributed by atoms with E-state index in [-0.39, 0.29) is 12.6 Å². The van der Waals surface area contributed by atoms with Crippen LogP contribution in [0.2, 0.25) is 0 Å². The van der Waals surface area contributed by atoms with Crippen LogP contribution in [-0.4, -0.2) is 41.4 Å². The molecule has 0 aliphatic carbocycles. The maximum absolute atomic E-state index is 12.3. The lowest BCUT2D eigenvalue weighted by molar-refractivity contribution is -0.136. The Morgan fingerprint density at radius 2 is 2.00 bits per heavy atom. The standard InChI is InChI=1S/C19H18N4O4S/c24-18(19(25)22-13-4-5-15-16(11-13)27-9-8-26-15)20-12-14(17-3-1-10-28-17)23-7-2-6-21-23/h1-7,10-11,14H,8-9,12H2,(H,20,24)(H,22,25). The number of aromatic nitrogens is 2. The maximum Gasteiger partial charge on any atom is 0.313 e. The number of carbonyl (C=O) groups is 2. The van der Waals surface area contributed by atoms with Crippen LogP contribution in [0.25, 0.3) is 0 Å². The third kappa shape index (κ3) is 3.99. The molecule has 1 atom stereocenters.